The van der Waals surface area contributed by atoms with Crippen molar-refractivity contribution in [2.24, 2.45) is 0 Å². The third kappa shape index (κ3) is 3.62. The summed E-state index contributed by atoms with van der Waals surface area (Å²) in [4.78, 5) is 12.5. The molecule has 0 saturated carbocycles. The molecular weight excluding hydrogens is 343 g/mol. The van der Waals surface area contributed by atoms with Crippen molar-refractivity contribution in [3.05, 3.63) is 102 Å². The van der Waals surface area contributed by atoms with Crippen LogP contribution in [0.25, 0.3) is 16.9 Å². The van der Waals surface area contributed by atoms with Gasteiger partial charge < -0.3 is 4.74 Å². The summed E-state index contributed by atoms with van der Waals surface area (Å²) in [5.41, 5.74) is 2.62. The Morgan fingerprint density at radius 1 is 0.852 bits per heavy atom. The number of rotatable bonds is 4. The summed E-state index contributed by atoms with van der Waals surface area (Å²) >= 11 is 0. The van der Waals surface area contributed by atoms with Crippen molar-refractivity contribution < 1.29 is 13.9 Å². The number of ether oxygens (including phenoxy) is 1. The van der Waals surface area contributed by atoms with E-state index in [-0.39, 0.29) is 11.4 Å². The molecule has 0 atom stereocenters. The van der Waals surface area contributed by atoms with Crippen LogP contribution in [0.2, 0.25) is 0 Å². The van der Waals surface area contributed by atoms with E-state index in [1.807, 2.05) is 60.7 Å². The number of benzene rings is 3. The van der Waals surface area contributed by atoms with Gasteiger partial charge in [-0.25, -0.2) is 13.9 Å². The number of halogens is 1. The maximum absolute atomic E-state index is 13.1. The summed E-state index contributed by atoms with van der Waals surface area (Å²) in [5, 5.41) is 4.59. The van der Waals surface area contributed by atoms with Crippen LogP contribution in [-0.2, 0) is 0 Å². The van der Waals surface area contributed by atoms with Crippen LogP contribution in [0.15, 0.2) is 91.0 Å². The molecule has 0 amide bonds. The second-order valence-electron chi connectivity index (χ2n) is 5.88. The van der Waals surface area contributed by atoms with E-state index in [4.69, 9.17) is 4.74 Å². The van der Waals surface area contributed by atoms with Gasteiger partial charge >= 0.3 is 5.97 Å². The van der Waals surface area contributed by atoms with Crippen LogP contribution >= 0.6 is 0 Å². The van der Waals surface area contributed by atoms with Crippen molar-refractivity contribution >= 4 is 5.97 Å². The molecule has 0 N–H and O–H groups in total. The first-order chi connectivity index (χ1) is 13.2. The molecule has 0 spiro atoms. The molecule has 4 aromatic rings. The van der Waals surface area contributed by atoms with Gasteiger partial charge in [0.25, 0.3) is 0 Å². The Morgan fingerprint density at radius 2 is 1.48 bits per heavy atom. The normalized spacial score (nSPS) is 10.6. The van der Waals surface area contributed by atoms with E-state index in [9.17, 15) is 9.18 Å². The van der Waals surface area contributed by atoms with Gasteiger partial charge in [0.05, 0.1) is 16.9 Å². The van der Waals surface area contributed by atoms with Gasteiger partial charge in [-0.1, -0.05) is 48.5 Å². The lowest BCUT2D eigenvalue weighted by molar-refractivity contribution is 0.0723. The number of carbonyl (C=O) groups is 1. The second kappa shape index (κ2) is 7.25. The third-order valence-corrected chi connectivity index (χ3v) is 4.02. The number of nitrogens with zero attached hydrogens (tertiary/aromatic N) is 2. The average Bonchev–Trinajstić information content (AvgIpc) is 3.13. The van der Waals surface area contributed by atoms with Crippen LogP contribution in [0.1, 0.15) is 10.4 Å². The molecule has 0 saturated heterocycles. The molecule has 0 aliphatic carbocycles. The summed E-state index contributed by atoms with van der Waals surface area (Å²) in [5.74, 6) is -0.701. The Balaban J connectivity index is 1.73. The van der Waals surface area contributed by atoms with Crippen molar-refractivity contribution in [2.75, 3.05) is 0 Å². The zero-order valence-corrected chi connectivity index (χ0v) is 14.2. The number of hydrogen-bond acceptors (Lipinski definition) is 3. The monoisotopic (exact) mass is 358 g/mol. The lowest BCUT2D eigenvalue weighted by Gasteiger charge is -2.07. The molecule has 0 fully saturated rings. The number of esters is 1. The zero-order valence-electron chi connectivity index (χ0n) is 14.2. The molecule has 1 heterocycles. The van der Waals surface area contributed by atoms with Gasteiger partial charge in [-0.05, 0) is 36.4 Å². The van der Waals surface area contributed by atoms with Crippen LogP contribution < -0.4 is 4.74 Å². The number of carbonyl (C=O) groups excluding carboxylic acids is 1. The molecular formula is C22H15FN2O2. The predicted octanol–water partition coefficient (Wildman–Crippen LogP) is 4.90. The van der Waals surface area contributed by atoms with Gasteiger partial charge in [0.2, 0.25) is 5.88 Å². The highest BCUT2D eigenvalue weighted by Gasteiger charge is 2.17. The molecule has 132 valence electrons. The molecule has 0 bridgehead atoms. The summed E-state index contributed by atoms with van der Waals surface area (Å²) < 4.78 is 20.2. The van der Waals surface area contributed by atoms with Crippen molar-refractivity contribution in [3.63, 3.8) is 0 Å². The summed E-state index contributed by atoms with van der Waals surface area (Å²) in [6, 6.07) is 26.0. The van der Waals surface area contributed by atoms with Crippen LogP contribution in [0, 0.1) is 5.82 Å². The second-order valence-corrected chi connectivity index (χ2v) is 5.88. The quantitative estimate of drug-likeness (QED) is 0.488. The number of hydrogen-bond donors (Lipinski definition) is 0. The molecule has 0 radical (unpaired) electrons. The molecule has 4 rings (SSSR count). The fourth-order valence-electron chi connectivity index (χ4n) is 2.68. The highest BCUT2D eigenvalue weighted by molar-refractivity contribution is 5.91. The van der Waals surface area contributed by atoms with E-state index < -0.39 is 11.8 Å². The Hall–Kier alpha value is -3.73. The van der Waals surface area contributed by atoms with Crippen molar-refractivity contribution in [2.45, 2.75) is 0 Å². The van der Waals surface area contributed by atoms with E-state index in [1.165, 1.54) is 24.3 Å². The standard InChI is InChI=1S/C22H15FN2O2/c23-18-13-11-17(12-14-18)22(26)27-21-15-20(16-7-3-1-4-8-16)24-25(21)19-9-5-2-6-10-19/h1-15H. The molecule has 4 nitrogen and oxygen atoms in total. The molecule has 3 aromatic carbocycles. The third-order valence-electron chi connectivity index (χ3n) is 4.02. The average molecular weight is 358 g/mol. The first kappa shape index (κ1) is 16.7. The Kier molecular flexibility index (Phi) is 4.49. The SMILES string of the molecule is O=C(Oc1cc(-c2ccccc2)nn1-c1ccccc1)c1ccc(F)cc1. The summed E-state index contributed by atoms with van der Waals surface area (Å²) in [6.07, 6.45) is 0. The van der Waals surface area contributed by atoms with Gasteiger partial charge in [0, 0.05) is 11.6 Å². The van der Waals surface area contributed by atoms with Crippen molar-refractivity contribution in [3.8, 4) is 22.8 Å². The van der Waals surface area contributed by atoms with Crippen LogP contribution in [0.4, 0.5) is 4.39 Å². The molecule has 0 aliphatic heterocycles. The van der Waals surface area contributed by atoms with Crippen LogP contribution in [-0.4, -0.2) is 15.7 Å². The molecule has 27 heavy (non-hydrogen) atoms. The fourth-order valence-corrected chi connectivity index (χ4v) is 2.68. The van der Waals surface area contributed by atoms with Gasteiger partial charge in [-0.3, -0.25) is 0 Å². The molecule has 0 unspecified atom stereocenters. The highest BCUT2D eigenvalue weighted by atomic mass is 19.1. The summed E-state index contributed by atoms with van der Waals surface area (Å²) in [7, 11) is 0. The maximum atomic E-state index is 13.1. The van der Waals surface area contributed by atoms with Crippen LogP contribution in [0.3, 0.4) is 0 Å². The highest BCUT2D eigenvalue weighted by Crippen LogP contribution is 2.26. The largest absolute Gasteiger partial charge is 0.404 e. The number of aromatic nitrogens is 2. The minimum Gasteiger partial charge on any atom is -0.404 e. The van der Waals surface area contributed by atoms with Gasteiger partial charge in [-0.2, -0.15) is 5.10 Å². The topological polar surface area (TPSA) is 44.1 Å². The lowest BCUT2D eigenvalue weighted by atomic mass is 10.2. The summed E-state index contributed by atoms with van der Waals surface area (Å²) in [6.45, 7) is 0. The van der Waals surface area contributed by atoms with Gasteiger partial charge in [0.15, 0.2) is 0 Å². The van der Waals surface area contributed by atoms with Crippen molar-refractivity contribution in [1.82, 2.24) is 9.78 Å². The minimum atomic E-state index is -0.577. The Labute approximate surface area is 155 Å². The van der Waals surface area contributed by atoms with E-state index in [0.29, 0.717) is 5.69 Å². The number of para-hydroxylation sites is 1. The van der Waals surface area contributed by atoms with E-state index >= 15 is 0 Å². The first-order valence-electron chi connectivity index (χ1n) is 8.39. The fraction of sp³-hybridized carbons (Fsp3) is 0. The Bertz CT molecular complexity index is 1060. The molecule has 1 aromatic heterocycles. The zero-order chi connectivity index (χ0) is 18.6. The van der Waals surface area contributed by atoms with Gasteiger partial charge in [-0.15, -0.1) is 0 Å². The van der Waals surface area contributed by atoms with E-state index in [0.717, 1.165) is 11.3 Å². The molecule has 0 aliphatic rings. The van der Waals surface area contributed by atoms with E-state index in [2.05, 4.69) is 5.10 Å². The van der Waals surface area contributed by atoms with Gasteiger partial charge in [0.1, 0.15) is 5.82 Å². The smallest absolute Gasteiger partial charge is 0.344 e. The maximum Gasteiger partial charge on any atom is 0.344 e. The van der Waals surface area contributed by atoms with Crippen LogP contribution in [0.5, 0.6) is 5.88 Å². The molecule has 5 heteroatoms. The van der Waals surface area contributed by atoms with Crippen molar-refractivity contribution in [1.29, 1.82) is 0 Å². The Morgan fingerprint density at radius 3 is 2.15 bits per heavy atom. The first-order valence-corrected chi connectivity index (χ1v) is 8.39. The minimum absolute atomic E-state index is 0.262. The van der Waals surface area contributed by atoms with E-state index in [1.54, 1.807) is 10.7 Å². The predicted molar refractivity (Wildman–Crippen MR) is 100 cm³/mol. The lowest BCUT2D eigenvalue weighted by Crippen LogP contribution is -2.11.